The van der Waals surface area contributed by atoms with Crippen molar-refractivity contribution in [2.24, 2.45) is 0 Å². The average Bonchev–Trinajstić information content (AvgIpc) is 2.46. The molecule has 2 rings (SSSR count). The van der Waals surface area contributed by atoms with Gasteiger partial charge < -0.3 is 10.6 Å². The first-order valence-electron chi connectivity index (χ1n) is 6.49. The molecule has 0 aliphatic heterocycles. The van der Waals surface area contributed by atoms with Gasteiger partial charge in [-0.3, -0.25) is 4.79 Å². The Hall–Kier alpha value is -2.58. The third-order valence-electron chi connectivity index (χ3n) is 2.94. The molecule has 0 unspecified atom stereocenters. The van der Waals surface area contributed by atoms with E-state index in [1.165, 1.54) is 18.2 Å². The maximum atomic E-state index is 13.6. The number of carbonyl (C=O) groups excluding carboxylic acids is 1. The van der Waals surface area contributed by atoms with Gasteiger partial charge in [-0.05, 0) is 42.8 Å². The zero-order chi connectivity index (χ0) is 16.1. The maximum absolute atomic E-state index is 13.6. The van der Waals surface area contributed by atoms with Crippen molar-refractivity contribution in [3.63, 3.8) is 0 Å². The van der Waals surface area contributed by atoms with Gasteiger partial charge in [0.05, 0.1) is 23.5 Å². The summed E-state index contributed by atoms with van der Waals surface area (Å²) < 4.78 is 13.6. The highest BCUT2D eigenvalue weighted by atomic mass is 35.5. The average molecular weight is 318 g/mol. The number of nitrogens with one attached hydrogen (secondary N) is 2. The number of nitriles is 1. The number of aryl methyl sites for hydroxylation is 1. The van der Waals surface area contributed by atoms with Crippen molar-refractivity contribution in [2.45, 2.75) is 6.92 Å². The molecular formula is C16H13ClFN3O. The van der Waals surface area contributed by atoms with Gasteiger partial charge in [-0.25, -0.2) is 4.39 Å². The Kier molecular flexibility index (Phi) is 4.97. The largest absolute Gasteiger partial charge is 0.374 e. The van der Waals surface area contributed by atoms with Crippen molar-refractivity contribution in [2.75, 3.05) is 17.2 Å². The Labute approximate surface area is 132 Å². The van der Waals surface area contributed by atoms with Crippen LogP contribution >= 0.6 is 11.6 Å². The van der Waals surface area contributed by atoms with E-state index in [0.29, 0.717) is 16.3 Å². The lowest BCUT2D eigenvalue weighted by molar-refractivity contribution is -0.114. The van der Waals surface area contributed by atoms with Crippen molar-refractivity contribution < 1.29 is 9.18 Å². The zero-order valence-electron chi connectivity index (χ0n) is 11.8. The van der Waals surface area contributed by atoms with Crippen molar-refractivity contribution in [3.05, 3.63) is 58.4 Å². The van der Waals surface area contributed by atoms with E-state index in [0.717, 1.165) is 5.56 Å². The van der Waals surface area contributed by atoms with Gasteiger partial charge in [0, 0.05) is 5.02 Å². The van der Waals surface area contributed by atoms with Crippen LogP contribution in [0.2, 0.25) is 5.02 Å². The van der Waals surface area contributed by atoms with E-state index < -0.39 is 11.7 Å². The number of nitrogens with zero attached hydrogens (tertiary/aromatic N) is 1. The molecule has 2 aromatic carbocycles. The fraction of sp³-hybridized carbons (Fsp3) is 0.125. The summed E-state index contributed by atoms with van der Waals surface area (Å²) >= 11 is 5.84. The normalized spacial score (nSPS) is 9.91. The zero-order valence-corrected chi connectivity index (χ0v) is 12.5. The number of hydrogen-bond donors (Lipinski definition) is 2. The molecule has 0 fully saturated rings. The molecule has 1 amide bonds. The Morgan fingerprint density at radius 1 is 1.27 bits per heavy atom. The molecule has 0 bridgehead atoms. The minimum Gasteiger partial charge on any atom is -0.374 e. The maximum Gasteiger partial charge on any atom is 0.243 e. The van der Waals surface area contributed by atoms with Crippen LogP contribution in [0.5, 0.6) is 0 Å². The minimum atomic E-state index is -0.423. The monoisotopic (exact) mass is 317 g/mol. The highest BCUT2D eigenvalue weighted by molar-refractivity contribution is 6.31. The van der Waals surface area contributed by atoms with Crippen LogP contribution < -0.4 is 10.6 Å². The summed E-state index contributed by atoms with van der Waals surface area (Å²) in [6.45, 7) is 1.65. The number of amides is 1. The quantitative estimate of drug-likeness (QED) is 0.903. The van der Waals surface area contributed by atoms with Crippen LogP contribution in [0.15, 0.2) is 36.4 Å². The van der Waals surface area contributed by atoms with Gasteiger partial charge in [0.25, 0.3) is 0 Å². The molecule has 2 aromatic rings. The lowest BCUT2D eigenvalue weighted by Crippen LogP contribution is -2.22. The lowest BCUT2D eigenvalue weighted by atomic mass is 10.2. The number of halogens is 2. The van der Waals surface area contributed by atoms with Crippen LogP contribution in [0.1, 0.15) is 11.1 Å². The van der Waals surface area contributed by atoms with Crippen molar-refractivity contribution in [1.82, 2.24) is 0 Å². The second kappa shape index (κ2) is 6.92. The third kappa shape index (κ3) is 3.96. The molecule has 2 N–H and O–H groups in total. The van der Waals surface area contributed by atoms with E-state index >= 15 is 0 Å². The molecule has 6 heteroatoms. The summed E-state index contributed by atoms with van der Waals surface area (Å²) in [6.07, 6.45) is 0. The van der Waals surface area contributed by atoms with Gasteiger partial charge in [0.1, 0.15) is 11.9 Å². The molecule has 22 heavy (non-hydrogen) atoms. The second-order valence-electron chi connectivity index (χ2n) is 4.69. The Morgan fingerprint density at radius 2 is 2.05 bits per heavy atom. The van der Waals surface area contributed by atoms with E-state index in [1.54, 1.807) is 25.1 Å². The number of benzene rings is 2. The van der Waals surface area contributed by atoms with E-state index in [4.69, 9.17) is 16.9 Å². The molecule has 0 aliphatic carbocycles. The van der Waals surface area contributed by atoms with Crippen LogP contribution in [0.4, 0.5) is 15.8 Å². The van der Waals surface area contributed by atoms with Crippen LogP contribution in [0, 0.1) is 24.1 Å². The van der Waals surface area contributed by atoms with Gasteiger partial charge in [-0.15, -0.1) is 0 Å². The number of hydrogen-bond acceptors (Lipinski definition) is 3. The molecule has 0 aliphatic rings. The van der Waals surface area contributed by atoms with Gasteiger partial charge in [-0.1, -0.05) is 17.7 Å². The van der Waals surface area contributed by atoms with Gasteiger partial charge in [0.2, 0.25) is 5.91 Å². The van der Waals surface area contributed by atoms with Crippen molar-refractivity contribution in [3.8, 4) is 6.07 Å². The van der Waals surface area contributed by atoms with Crippen LogP contribution in [0.25, 0.3) is 0 Å². The van der Waals surface area contributed by atoms with Crippen molar-refractivity contribution >= 4 is 28.9 Å². The van der Waals surface area contributed by atoms with Crippen LogP contribution in [-0.2, 0) is 4.79 Å². The van der Waals surface area contributed by atoms with Gasteiger partial charge >= 0.3 is 0 Å². The molecule has 0 atom stereocenters. The molecule has 0 radical (unpaired) electrons. The summed E-state index contributed by atoms with van der Waals surface area (Å²) in [7, 11) is 0. The molecule has 4 nitrogen and oxygen atoms in total. The number of rotatable bonds is 4. The molecule has 0 saturated carbocycles. The molecule has 112 valence electrons. The highest BCUT2D eigenvalue weighted by Crippen LogP contribution is 2.20. The fourth-order valence-corrected chi connectivity index (χ4v) is 2.02. The topological polar surface area (TPSA) is 64.9 Å². The van der Waals surface area contributed by atoms with Crippen molar-refractivity contribution in [1.29, 1.82) is 5.26 Å². The molecule has 0 heterocycles. The molecular weight excluding hydrogens is 305 g/mol. The van der Waals surface area contributed by atoms with Gasteiger partial charge in [0.15, 0.2) is 0 Å². The smallest absolute Gasteiger partial charge is 0.243 e. The van der Waals surface area contributed by atoms with E-state index in [2.05, 4.69) is 10.6 Å². The van der Waals surface area contributed by atoms with E-state index in [9.17, 15) is 9.18 Å². The second-order valence-corrected chi connectivity index (χ2v) is 5.12. The molecule has 0 aromatic heterocycles. The van der Waals surface area contributed by atoms with Gasteiger partial charge in [-0.2, -0.15) is 5.26 Å². The predicted molar refractivity (Wildman–Crippen MR) is 84.4 cm³/mol. The summed E-state index contributed by atoms with van der Waals surface area (Å²) in [5.74, 6) is -0.827. The SMILES string of the molecule is Cc1ccc(NCC(=O)Nc2cc(Cl)ccc2C#N)c(F)c1. The Bertz CT molecular complexity index is 756. The summed E-state index contributed by atoms with van der Waals surface area (Å²) in [5, 5.41) is 14.7. The first-order chi connectivity index (χ1) is 10.5. The number of anilines is 2. The van der Waals surface area contributed by atoms with E-state index in [-0.39, 0.29) is 12.2 Å². The first kappa shape index (κ1) is 15.8. The molecule has 0 saturated heterocycles. The van der Waals surface area contributed by atoms with E-state index in [1.807, 2.05) is 6.07 Å². The fourth-order valence-electron chi connectivity index (χ4n) is 1.85. The Balaban J connectivity index is 2.02. The standard InChI is InChI=1S/C16H13ClFN3O/c1-10-2-5-14(13(18)6-10)20-9-16(22)21-15-7-12(17)4-3-11(15)8-19/h2-7,20H,9H2,1H3,(H,21,22). The Morgan fingerprint density at radius 3 is 2.73 bits per heavy atom. The highest BCUT2D eigenvalue weighted by Gasteiger charge is 2.09. The molecule has 0 spiro atoms. The first-order valence-corrected chi connectivity index (χ1v) is 6.87. The van der Waals surface area contributed by atoms with Crippen LogP contribution in [0.3, 0.4) is 0 Å². The summed E-state index contributed by atoms with van der Waals surface area (Å²) in [4.78, 5) is 11.9. The lowest BCUT2D eigenvalue weighted by Gasteiger charge is -2.10. The predicted octanol–water partition coefficient (Wildman–Crippen LogP) is 3.71. The minimum absolute atomic E-state index is 0.128. The number of carbonyl (C=O) groups is 1. The summed E-state index contributed by atoms with van der Waals surface area (Å²) in [5.41, 5.74) is 1.67. The van der Waals surface area contributed by atoms with Crippen LogP contribution in [-0.4, -0.2) is 12.5 Å². The summed E-state index contributed by atoms with van der Waals surface area (Å²) in [6, 6.07) is 11.2. The third-order valence-corrected chi connectivity index (χ3v) is 3.18.